The van der Waals surface area contributed by atoms with E-state index in [4.69, 9.17) is 0 Å². The van der Waals surface area contributed by atoms with Crippen LogP contribution in [0.5, 0.6) is 0 Å². The molecule has 1 aliphatic heterocycles. The van der Waals surface area contributed by atoms with Gasteiger partial charge in [-0.3, -0.25) is 0 Å². The summed E-state index contributed by atoms with van der Waals surface area (Å²) in [6.45, 7) is 0.677. The van der Waals surface area contributed by atoms with E-state index in [2.05, 4.69) is 12.1 Å². The Morgan fingerprint density at radius 2 is 2.00 bits per heavy atom. The normalized spacial score (nSPS) is 22.4. The van der Waals surface area contributed by atoms with Gasteiger partial charge in [-0.2, -0.15) is 4.31 Å². The first-order valence-electron chi connectivity index (χ1n) is 5.58. The molecule has 88 valence electrons. The van der Waals surface area contributed by atoms with Crippen molar-refractivity contribution in [3.05, 3.63) is 35.9 Å². The fourth-order valence-corrected chi connectivity index (χ4v) is 3.52. The van der Waals surface area contributed by atoms with Crippen LogP contribution >= 0.6 is 0 Å². The van der Waals surface area contributed by atoms with Crippen LogP contribution in [0.4, 0.5) is 0 Å². The molecule has 1 aliphatic rings. The van der Waals surface area contributed by atoms with E-state index in [9.17, 15) is 8.42 Å². The fraction of sp³-hybridized carbons (Fsp3) is 0.500. The molecule has 0 unspecified atom stereocenters. The summed E-state index contributed by atoms with van der Waals surface area (Å²) >= 11 is 0. The molecule has 0 bridgehead atoms. The average molecular weight is 239 g/mol. The molecule has 4 heteroatoms. The molecule has 0 saturated carbocycles. The zero-order chi connectivity index (χ0) is 11.6. The van der Waals surface area contributed by atoms with Crippen LogP contribution in [0.25, 0.3) is 0 Å². The third-order valence-electron chi connectivity index (χ3n) is 3.06. The predicted octanol–water partition coefficient (Wildman–Crippen LogP) is 1.65. The number of benzene rings is 1. The van der Waals surface area contributed by atoms with E-state index in [-0.39, 0.29) is 6.04 Å². The molecule has 1 aromatic carbocycles. The van der Waals surface area contributed by atoms with Gasteiger partial charge in [0.25, 0.3) is 0 Å². The van der Waals surface area contributed by atoms with E-state index < -0.39 is 10.0 Å². The quantitative estimate of drug-likeness (QED) is 0.804. The molecular weight excluding hydrogens is 222 g/mol. The van der Waals surface area contributed by atoms with Gasteiger partial charge in [0.2, 0.25) is 10.0 Å². The molecule has 0 aliphatic carbocycles. The molecule has 16 heavy (non-hydrogen) atoms. The van der Waals surface area contributed by atoms with Crippen molar-refractivity contribution < 1.29 is 8.42 Å². The second-order valence-electron chi connectivity index (χ2n) is 4.36. The number of rotatable bonds is 3. The topological polar surface area (TPSA) is 37.4 Å². The van der Waals surface area contributed by atoms with E-state index in [0.717, 1.165) is 19.3 Å². The van der Waals surface area contributed by atoms with Crippen LogP contribution in [-0.4, -0.2) is 31.6 Å². The molecule has 1 fully saturated rings. The average Bonchev–Trinajstić information content (AvgIpc) is 2.67. The van der Waals surface area contributed by atoms with E-state index in [1.807, 2.05) is 18.2 Å². The van der Waals surface area contributed by atoms with Crippen molar-refractivity contribution in [1.29, 1.82) is 0 Å². The molecule has 3 nitrogen and oxygen atoms in total. The second kappa shape index (κ2) is 4.55. The Morgan fingerprint density at radius 3 is 2.62 bits per heavy atom. The minimum Gasteiger partial charge on any atom is -0.212 e. The van der Waals surface area contributed by atoms with Crippen LogP contribution in [0.15, 0.2) is 30.3 Å². The lowest BCUT2D eigenvalue weighted by molar-refractivity contribution is 0.389. The summed E-state index contributed by atoms with van der Waals surface area (Å²) in [6, 6.07) is 10.2. The van der Waals surface area contributed by atoms with E-state index in [0.29, 0.717) is 6.54 Å². The summed E-state index contributed by atoms with van der Waals surface area (Å²) in [5, 5.41) is 0. The van der Waals surface area contributed by atoms with Gasteiger partial charge < -0.3 is 0 Å². The summed E-state index contributed by atoms with van der Waals surface area (Å²) in [7, 11) is -3.04. The van der Waals surface area contributed by atoms with Gasteiger partial charge in [-0.1, -0.05) is 30.3 Å². The SMILES string of the molecule is CS(=O)(=O)N1CCC[C@@H]1Cc1ccccc1. The summed E-state index contributed by atoms with van der Waals surface area (Å²) in [5.41, 5.74) is 1.21. The molecule has 0 N–H and O–H groups in total. The van der Waals surface area contributed by atoms with Crippen molar-refractivity contribution in [3.8, 4) is 0 Å². The molecule has 1 atom stereocenters. The molecule has 1 heterocycles. The monoisotopic (exact) mass is 239 g/mol. The highest BCUT2D eigenvalue weighted by atomic mass is 32.2. The van der Waals surface area contributed by atoms with Crippen molar-refractivity contribution in [2.24, 2.45) is 0 Å². The Morgan fingerprint density at radius 1 is 1.31 bits per heavy atom. The fourth-order valence-electron chi connectivity index (χ4n) is 2.34. The van der Waals surface area contributed by atoms with Crippen LogP contribution in [0.3, 0.4) is 0 Å². The Balaban J connectivity index is 2.11. The summed E-state index contributed by atoms with van der Waals surface area (Å²) in [6.07, 6.45) is 4.08. The first-order valence-corrected chi connectivity index (χ1v) is 7.43. The van der Waals surface area contributed by atoms with E-state index >= 15 is 0 Å². The largest absolute Gasteiger partial charge is 0.212 e. The van der Waals surface area contributed by atoms with Gasteiger partial charge in [0, 0.05) is 12.6 Å². The number of hydrogen-bond donors (Lipinski definition) is 0. The molecule has 1 aromatic rings. The molecule has 0 aromatic heterocycles. The van der Waals surface area contributed by atoms with Crippen molar-refractivity contribution in [1.82, 2.24) is 4.31 Å². The molecule has 0 radical (unpaired) electrons. The maximum atomic E-state index is 11.6. The smallest absolute Gasteiger partial charge is 0.211 e. The van der Waals surface area contributed by atoms with Gasteiger partial charge in [-0.25, -0.2) is 8.42 Å². The zero-order valence-electron chi connectivity index (χ0n) is 9.46. The molecular formula is C12H17NO2S. The van der Waals surface area contributed by atoms with E-state index in [1.165, 1.54) is 11.8 Å². The highest BCUT2D eigenvalue weighted by Gasteiger charge is 2.31. The van der Waals surface area contributed by atoms with Crippen molar-refractivity contribution in [2.75, 3.05) is 12.8 Å². The standard InChI is InChI=1S/C12H17NO2S/c1-16(14,15)13-9-5-8-12(13)10-11-6-3-2-4-7-11/h2-4,6-7,12H,5,8-10H2,1H3/t12-/m1/s1. The molecule has 0 amide bonds. The highest BCUT2D eigenvalue weighted by molar-refractivity contribution is 7.88. The Kier molecular flexibility index (Phi) is 3.30. The third-order valence-corrected chi connectivity index (χ3v) is 4.40. The van der Waals surface area contributed by atoms with Gasteiger partial charge in [0.05, 0.1) is 6.26 Å². The summed E-state index contributed by atoms with van der Waals surface area (Å²) < 4.78 is 24.8. The zero-order valence-corrected chi connectivity index (χ0v) is 10.3. The van der Waals surface area contributed by atoms with Gasteiger partial charge >= 0.3 is 0 Å². The lowest BCUT2D eigenvalue weighted by Crippen LogP contribution is -2.35. The number of hydrogen-bond acceptors (Lipinski definition) is 2. The number of sulfonamides is 1. The highest BCUT2D eigenvalue weighted by Crippen LogP contribution is 2.23. The second-order valence-corrected chi connectivity index (χ2v) is 6.29. The Hall–Kier alpha value is -0.870. The van der Waals surface area contributed by atoms with Crippen LogP contribution in [0.2, 0.25) is 0 Å². The van der Waals surface area contributed by atoms with Crippen molar-refractivity contribution >= 4 is 10.0 Å². The van der Waals surface area contributed by atoms with Crippen LogP contribution in [0, 0.1) is 0 Å². The Labute approximate surface area is 97.1 Å². The lowest BCUT2D eigenvalue weighted by atomic mass is 10.1. The van der Waals surface area contributed by atoms with Gasteiger partial charge in [0.1, 0.15) is 0 Å². The minimum absolute atomic E-state index is 0.150. The van der Waals surface area contributed by atoms with Crippen LogP contribution in [0.1, 0.15) is 18.4 Å². The Bertz CT molecular complexity index is 441. The summed E-state index contributed by atoms with van der Waals surface area (Å²) in [5.74, 6) is 0. The number of nitrogens with zero attached hydrogens (tertiary/aromatic N) is 1. The summed E-state index contributed by atoms with van der Waals surface area (Å²) in [4.78, 5) is 0. The predicted molar refractivity (Wildman–Crippen MR) is 64.7 cm³/mol. The van der Waals surface area contributed by atoms with Crippen LogP contribution < -0.4 is 0 Å². The van der Waals surface area contributed by atoms with Gasteiger partial charge in [-0.05, 0) is 24.8 Å². The van der Waals surface area contributed by atoms with Crippen LogP contribution in [-0.2, 0) is 16.4 Å². The molecule has 1 saturated heterocycles. The lowest BCUT2D eigenvalue weighted by Gasteiger charge is -2.22. The maximum absolute atomic E-state index is 11.6. The molecule has 0 spiro atoms. The third kappa shape index (κ3) is 2.62. The molecule has 2 rings (SSSR count). The van der Waals surface area contributed by atoms with E-state index in [1.54, 1.807) is 4.31 Å². The van der Waals surface area contributed by atoms with Crippen molar-refractivity contribution in [3.63, 3.8) is 0 Å². The van der Waals surface area contributed by atoms with Crippen molar-refractivity contribution in [2.45, 2.75) is 25.3 Å². The first kappa shape index (κ1) is 11.6. The first-order chi connectivity index (χ1) is 7.57. The van der Waals surface area contributed by atoms with Gasteiger partial charge in [-0.15, -0.1) is 0 Å². The minimum atomic E-state index is -3.04. The van der Waals surface area contributed by atoms with Gasteiger partial charge in [0.15, 0.2) is 0 Å². The maximum Gasteiger partial charge on any atom is 0.211 e.